The maximum absolute atomic E-state index is 10.8. The summed E-state index contributed by atoms with van der Waals surface area (Å²) >= 11 is 0. The number of benzene rings is 1. The summed E-state index contributed by atoms with van der Waals surface area (Å²) in [6.07, 6.45) is 3.08. The molecule has 1 amide bonds. The second-order valence-electron chi connectivity index (χ2n) is 5.02. The van der Waals surface area contributed by atoms with Crippen molar-refractivity contribution in [3.8, 4) is 0 Å². The van der Waals surface area contributed by atoms with Crippen LogP contribution in [0.5, 0.6) is 0 Å². The molecule has 0 saturated carbocycles. The summed E-state index contributed by atoms with van der Waals surface area (Å²) in [5.41, 5.74) is 4.45. The van der Waals surface area contributed by atoms with Gasteiger partial charge < -0.3 is 4.42 Å². The van der Waals surface area contributed by atoms with Crippen LogP contribution in [0.1, 0.15) is 35.1 Å². The van der Waals surface area contributed by atoms with E-state index < -0.39 is 0 Å². The number of aliphatic imine (C=N–C) groups is 2. The van der Waals surface area contributed by atoms with Crippen LogP contribution in [0, 0.1) is 20.8 Å². The predicted octanol–water partition coefficient (Wildman–Crippen LogP) is 3.92. The van der Waals surface area contributed by atoms with Gasteiger partial charge in [-0.2, -0.15) is 0 Å². The van der Waals surface area contributed by atoms with Gasteiger partial charge in [-0.3, -0.25) is 9.79 Å². The minimum absolute atomic E-state index is 0.257. The zero-order chi connectivity index (χ0) is 15.4. The van der Waals surface area contributed by atoms with Gasteiger partial charge in [0, 0.05) is 6.92 Å². The van der Waals surface area contributed by atoms with Crippen LogP contribution in [0.4, 0.5) is 5.69 Å². The molecule has 0 radical (unpaired) electrons. The number of hydrogen-bond donors (Lipinski definition) is 0. The van der Waals surface area contributed by atoms with Gasteiger partial charge in [0.1, 0.15) is 11.5 Å². The van der Waals surface area contributed by atoms with Crippen molar-refractivity contribution in [2.45, 2.75) is 27.7 Å². The lowest BCUT2D eigenvalue weighted by Crippen LogP contribution is -1.85. The molecule has 0 saturated heterocycles. The minimum Gasteiger partial charge on any atom is -0.454 e. The number of carbonyl (C=O) groups is 1. The van der Waals surface area contributed by atoms with Crippen molar-refractivity contribution in [3.63, 3.8) is 0 Å². The van der Waals surface area contributed by atoms with Gasteiger partial charge in [0.2, 0.25) is 5.91 Å². The summed E-state index contributed by atoms with van der Waals surface area (Å²) in [7, 11) is 0. The molecule has 1 aromatic heterocycles. The lowest BCUT2D eigenvalue weighted by Gasteiger charge is -2.05. The van der Waals surface area contributed by atoms with Crippen LogP contribution in [0.15, 0.2) is 38.7 Å². The third-order valence-corrected chi connectivity index (χ3v) is 2.98. The van der Waals surface area contributed by atoms with E-state index in [0.717, 1.165) is 16.8 Å². The van der Waals surface area contributed by atoms with E-state index in [-0.39, 0.29) is 5.91 Å². The fourth-order valence-electron chi connectivity index (χ4n) is 2.17. The van der Waals surface area contributed by atoms with E-state index >= 15 is 0 Å². The Bertz CT molecular complexity index is 701. The first-order valence-corrected chi connectivity index (χ1v) is 6.72. The summed E-state index contributed by atoms with van der Waals surface area (Å²) in [5.74, 6) is 0.899. The monoisotopic (exact) mass is 282 g/mol. The third kappa shape index (κ3) is 3.99. The van der Waals surface area contributed by atoms with Crippen molar-refractivity contribution in [2.75, 3.05) is 0 Å². The van der Waals surface area contributed by atoms with Gasteiger partial charge in [0.15, 0.2) is 0 Å². The zero-order valence-electron chi connectivity index (χ0n) is 12.7. The Morgan fingerprint density at radius 2 is 1.62 bits per heavy atom. The Labute approximate surface area is 124 Å². The number of rotatable bonds is 3. The molecule has 0 spiro atoms. The van der Waals surface area contributed by atoms with Crippen LogP contribution in [0.25, 0.3) is 0 Å². The average molecular weight is 282 g/mol. The van der Waals surface area contributed by atoms with E-state index in [0.29, 0.717) is 11.5 Å². The molecular formula is C17H18N2O2. The van der Waals surface area contributed by atoms with E-state index in [1.54, 1.807) is 18.3 Å². The molecule has 0 atom stereocenters. The minimum atomic E-state index is -0.257. The highest BCUT2D eigenvalue weighted by molar-refractivity contribution is 5.90. The van der Waals surface area contributed by atoms with Gasteiger partial charge in [0.25, 0.3) is 0 Å². The number of aryl methyl sites for hydroxylation is 3. The molecular weight excluding hydrogens is 264 g/mol. The van der Waals surface area contributed by atoms with Gasteiger partial charge in [-0.1, -0.05) is 17.7 Å². The molecule has 1 heterocycles. The fourth-order valence-corrected chi connectivity index (χ4v) is 2.17. The molecule has 0 aliphatic rings. The van der Waals surface area contributed by atoms with E-state index in [1.807, 2.05) is 13.8 Å². The second-order valence-corrected chi connectivity index (χ2v) is 5.02. The van der Waals surface area contributed by atoms with E-state index in [1.165, 1.54) is 18.7 Å². The van der Waals surface area contributed by atoms with Crippen molar-refractivity contribution in [1.82, 2.24) is 0 Å². The summed E-state index contributed by atoms with van der Waals surface area (Å²) < 4.78 is 5.51. The van der Waals surface area contributed by atoms with Crippen molar-refractivity contribution in [2.24, 2.45) is 9.98 Å². The number of nitrogens with zero attached hydrogens (tertiary/aromatic N) is 2. The van der Waals surface area contributed by atoms with E-state index in [4.69, 9.17) is 4.42 Å². The number of amides is 1. The first-order valence-electron chi connectivity index (χ1n) is 6.72. The SMILES string of the molecule is CC(=O)N=Cc1ccc(C=Nc2c(C)cc(C)cc2C)o1. The molecule has 4 heteroatoms. The molecule has 108 valence electrons. The van der Waals surface area contributed by atoms with Crippen LogP contribution in [-0.4, -0.2) is 18.3 Å². The maximum atomic E-state index is 10.8. The molecule has 0 unspecified atom stereocenters. The van der Waals surface area contributed by atoms with Gasteiger partial charge >= 0.3 is 0 Å². The smallest absolute Gasteiger partial charge is 0.242 e. The highest BCUT2D eigenvalue weighted by Gasteiger charge is 2.03. The van der Waals surface area contributed by atoms with E-state index in [9.17, 15) is 4.79 Å². The lowest BCUT2D eigenvalue weighted by molar-refractivity contribution is -0.115. The molecule has 1 aromatic carbocycles. The highest BCUT2D eigenvalue weighted by Crippen LogP contribution is 2.24. The third-order valence-electron chi connectivity index (χ3n) is 2.98. The molecule has 4 nitrogen and oxygen atoms in total. The lowest BCUT2D eigenvalue weighted by atomic mass is 10.1. The maximum Gasteiger partial charge on any atom is 0.242 e. The fraction of sp³-hybridized carbons (Fsp3) is 0.235. The molecule has 0 fully saturated rings. The number of carbonyl (C=O) groups excluding carboxylic acids is 1. The Hall–Kier alpha value is -2.49. The molecule has 0 aliphatic heterocycles. The quantitative estimate of drug-likeness (QED) is 0.801. The van der Waals surface area contributed by atoms with Crippen molar-refractivity contribution < 1.29 is 9.21 Å². The Morgan fingerprint density at radius 1 is 1.05 bits per heavy atom. The molecule has 0 aliphatic carbocycles. The highest BCUT2D eigenvalue weighted by atomic mass is 16.3. The van der Waals surface area contributed by atoms with Crippen LogP contribution < -0.4 is 0 Å². The van der Waals surface area contributed by atoms with Crippen LogP contribution >= 0.6 is 0 Å². The van der Waals surface area contributed by atoms with Gasteiger partial charge in [-0.25, -0.2) is 4.99 Å². The summed E-state index contributed by atoms with van der Waals surface area (Å²) in [6.45, 7) is 7.55. The summed E-state index contributed by atoms with van der Waals surface area (Å²) in [5, 5.41) is 0. The van der Waals surface area contributed by atoms with Gasteiger partial charge in [-0.05, 0) is 44.0 Å². The van der Waals surface area contributed by atoms with Crippen molar-refractivity contribution in [1.29, 1.82) is 0 Å². The Kier molecular flexibility index (Phi) is 4.48. The van der Waals surface area contributed by atoms with Crippen molar-refractivity contribution >= 4 is 24.0 Å². The first kappa shape index (κ1) is 14.9. The summed E-state index contributed by atoms with van der Waals surface area (Å²) in [4.78, 5) is 18.9. The van der Waals surface area contributed by atoms with Gasteiger partial charge in [0.05, 0.1) is 18.1 Å². The molecule has 2 aromatic rings. The van der Waals surface area contributed by atoms with Crippen LogP contribution in [-0.2, 0) is 4.79 Å². The number of furan rings is 1. The first-order chi connectivity index (χ1) is 9.95. The zero-order valence-corrected chi connectivity index (χ0v) is 12.7. The van der Waals surface area contributed by atoms with Crippen molar-refractivity contribution in [3.05, 3.63) is 52.5 Å². The predicted molar refractivity (Wildman–Crippen MR) is 84.9 cm³/mol. The Morgan fingerprint density at radius 3 is 2.19 bits per heavy atom. The standard InChI is InChI=1S/C17H18N2O2/c1-11-7-12(2)17(13(3)8-11)19-10-16-6-5-15(21-16)9-18-14(4)20/h5-10H,1-4H3. The molecule has 2 rings (SSSR count). The number of hydrogen-bond acceptors (Lipinski definition) is 3. The molecule has 0 bridgehead atoms. The molecule has 21 heavy (non-hydrogen) atoms. The largest absolute Gasteiger partial charge is 0.454 e. The summed E-state index contributed by atoms with van der Waals surface area (Å²) in [6, 6.07) is 7.76. The average Bonchev–Trinajstić information content (AvgIpc) is 2.83. The second kappa shape index (κ2) is 6.31. The normalized spacial score (nSPS) is 11.6. The van der Waals surface area contributed by atoms with E-state index in [2.05, 4.69) is 29.0 Å². The van der Waals surface area contributed by atoms with Crippen LogP contribution in [0.2, 0.25) is 0 Å². The Balaban J connectivity index is 2.21. The topological polar surface area (TPSA) is 54.9 Å². The molecule has 0 N–H and O–H groups in total. The van der Waals surface area contributed by atoms with Gasteiger partial charge in [-0.15, -0.1) is 0 Å². The van der Waals surface area contributed by atoms with Crippen LogP contribution in [0.3, 0.4) is 0 Å².